The lowest BCUT2D eigenvalue weighted by Crippen LogP contribution is -2.67. The van der Waals surface area contributed by atoms with Crippen LogP contribution in [0.4, 0.5) is 0 Å². The minimum Gasteiger partial charge on any atom is -0.460 e. The second kappa shape index (κ2) is 11.6. The lowest BCUT2D eigenvalue weighted by atomic mass is 9.66. The van der Waals surface area contributed by atoms with Crippen molar-refractivity contribution < 1.29 is 38.0 Å². The van der Waals surface area contributed by atoms with Crippen molar-refractivity contribution in [3.05, 3.63) is 59.2 Å². The zero-order chi connectivity index (χ0) is 29.5. The van der Waals surface area contributed by atoms with Crippen LogP contribution in [-0.4, -0.2) is 60.9 Å². The third-order valence-electron chi connectivity index (χ3n) is 7.42. The summed E-state index contributed by atoms with van der Waals surface area (Å²) in [5.74, 6) is -1.34. The number of rotatable bonds is 8. The minimum atomic E-state index is -0.827. The van der Waals surface area contributed by atoms with Gasteiger partial charge in [-0.15, -0.1) is 0 Å². The van der Waals surface area contributed by atoms with Gasteiger partial charge in [0.2, 0.25) is 6.79 Å². The molecule has 0 bridgehead atoms. The van der Waals surface area contributed by atoms with E-state index in [0.29, 0.717) is 29.2 Å². The largest absolute Gasteiger partial charge is 0.460 e. The maximum atomic E-state index is 14.1. The number of esters is 2. The number of hydrogen-bond donors (Lipinski definition) is 1. The first-order valence-corrected chi connectivity index (χ1v) is 14.4. The van der Waals surface area contributed by atoms with Gasteiger partial charge >= 0.3 is 11.9 Å². The van der Waals surface area contributed by atoms with Crippen LogP contribution >= 0.6 is 0 Å². The third kappa shape index (κ3) is 6.22. The molecule has 2 heterocycles. The van der Waals surface area contributed by atoms with E-state index in [1.807, 2.05) is 78.8 Å². The molecular weight excluding hydrogens is 526 g/mol. The first-order chi connectivity index (χ1) is 19.4. The number of hydrogen-bond acceptors (Lipinski definition) is 9. The summed E-state index contributed by atoms with van der Waals surface area (Å²) in [6.07, 6.45) is -2.46. The summed E-state index contributed by atoms with van der Waals surface area (Å²) in [6, 6.07) is 12.9. The number of carbonyl (C=O) groups excluding carboxylic acids is 2. The molecule has 2 aromatic rings. The molecule has 3 aliphatic rings. The predicted octanol–water partition coefficient (Wildman–Crippen LogP) is 4.76. The van der Waals surface area contributed by atoms with Gasteiger partial charge in [-0.25, -0.2) is 4.79 Å². The van der Waals surface area contributed by atoms with Gasteiger partial charge in [0.05, 0.1) is 35.8 Å². The Morgan fingerprint density at radius 1 is 0.976 bits per heavy atom. The monoisotopic (exact) mass is 567 g/mol. The van der Waals surface area contributed by atoms with Crippen molar-refractivity contribution in [1.29, 1.82) is 0 Å². The topological polar surface area (TPSA) is 102 Å². The Kier molecular flexibility index (Phi) is 8.32. The molecule has 2 aliphatic heterocycles. The first kappa shape index (κ1) is 29.4. The maximum Gasteiger partial charge on any atom is 0.338 e. The van der Waals surface area contributed by atoms with E-state index >= 15 is 0 Å². The summed E-state index contributed by atoms with van der Waals surface area (Å²) in [5.41, 5.74) is 1.32. The highest BCUT2D eigenvalue weighted by atomic mass is 16.7. The molecule has 1 aliphatic carbocycles. The fourth-order valence-electron chi connectivity index (χ4n) is 6.01. The lowest BCUT2D eigenvalue weighted by molar-refractivity contribution is -0.207. The molecule has 0 aromatic heterocycles. The molecule has 6 atom stereocenters. The van der Waals surface area contributed by atoms with Gasteiger partial charge in [-0.2, -0.15) is 0 Å². The number of fused-ring (bicyclic) bond motifs is 4. The van der Waals surface area contributed by atoms with Gasteiger partial charge in [0.1, 0.15) is 17.8 Å². The Balaban J connectivity index is 1.66. The molecule has 222 valence electrons. The van der Waals surface area contributed by atoms with Crippen LogP contribution in [0.1, 0.15) is 75.9 Å². The standard InChI is InChI=1S/C32H41NO8/c1-17(2)38-28-25(31(35)41-32(5,6)7)24-20-13-22-23(37-16-36-22)14-21(20)30(34)40-27(24)26(29(28)39-18(3)4)33-15-19-11-9-8-10-12-19/h8-14,17-18,24-29,33H,15-16H2,1-7H3/t24-,25-,26+,27-,28+,29-/m0/s1. The highest BCUT2D eigenvalue weighted by molar-refractivity contribution is 5.94. The molecule has 5 rings (SSSR count). The number of nitrogens with one attached hydrogen (secondary N) is 1. The first-order valence-electron chi connectivity index (χ1n) is 14.4. The second-order valence-corrected chi connectivity index (χ2v) is 12.4. The Labute approximate surface area is 241 Å². The van der Waals surface area contributed by atoms with Crippen molar-refractivity contribution >= 4 is 11.9 Å². The Morgan fingerprint density at radius 3 is 2.24 bits per heavy atom. The van der Waals surface area contributed by atoms with Crippen LogP contribution in [0.25, 0.3) is 0 Å². The molecular formula is C32H41NO8. The fraction of sp³-hybridized carbons (Fsp3) is 0.562. The van der Waals surface area contributed by atoms with E-state index in [1.54, 1.807) is 12.1 Å². The van der Waals surface area contributed by atoms with E-state index in [4.69, 9.17) is 28.4 Å². The van der Waals surface area contributed by atoms with Crippen LogP contribution < -0.4 is 14.8 Å². The summed E-state index contributed by atoms with van der Waals surface area (Å²) in [4.78, 5) is 27.6. The molecule has 2 aromatic carbocycles. The van der Waals surface area contributed by atoms with E-state index in [-0.39, 0.29) is 19.0 Å². The van der Waals surface area contributed by atoms with Gasteiger partial charge in [-0.05, 0) is 71.7 Å². The maximum absolute atomic E-state index is 14.1. The SMILES string of the molecule is CC(C)O[C@H]1[C@H](NCc2ccccc2)[C@H]2OC(=O)c3cc4c(cc3[C@H]2[C@H](C(=O)OC(C)(C)C)[C@H]1OC(C)C)OCO4. The summed E-state index contributed by atoms with van der Waals surface area (Å²) >= 11 is 0. The van der Waals surface area contributed by atoms with E-state index in [1.165, 1.54) is 0 Å². The van der Waals surface area contributed by atoms with Gasteiger partial charge in [0.25, 0.3) is 0 Å². The van der Waals surface area contributed by atoms with Crippen molar-refractivity contribution in [2.45, 2.75) is 103 Å². The van der Waals surface area contributed by atoms with Crippen molar-refractivity contribution in [2.24, 2.45) is 5.92 Å². The van der Waals surface area contributed by atoms with Crippen molar-refractivity contribution in [1.82, 2.24) is 5.32 Å². The van der Waals surface area contributed by atoms with Crippen molar-refractivity contribution in [2.75, 3.05) is 6.79 Å². The highest BCUT2D eigenvalue weighted by Gasteiger charge is 2.60. The molecule has 0 amide bonds. The number of carbonyl (C=O) groups is 2. The van der Waals surface area contributed by atoms with Gasteiger partial charge < -0.3 is 33.7 Å². The molecule has 1 saturated carbocycles. The fourth-order valence-corrected chi connectivity index (χ4v) is 6.01. The van der Waals surface area contributed by atoms with Gasteiger partial charge in [0, 0.05) is 12.5 Å². The summed E-state index contributed by atoms with van der Waals surface area (Å²) in [7, 11) is 0. The molecule has 0 spiro atoms. The highest BCUT2D eigenvalue weighted by Crippen LogP contribution is 2.50. The molecule has 41 heavy (non-hydrogen) atoms. The van der Waals surface area contributed by atoms with Crippen LogP contribution in [0.15, 0.2) is 42.5 Å². The Morgan fingerprint density at radius 2 is 1.61 bits per heavy atom. The molecule has 1 fully saturated rings. The van der Waals surface area contributed by atoms with Crippen LogP contribution in [0.5, 0.6) is 11.5 Å². The van der Waals surface area contributed by atoms with Crippen molar-refractivity contribution in [3.8, 4) is 11.5 Å². The second-order valence-electron chi connectivity index (χ2n) is 12.4. The smallest absolute Gasteiger partial charge is 0.338 e. The van der Waals surface area contributed by atoms with Gasteiger partial charge in [-0.1, -0.05) is 30.3 Å². The average molecular weight is 568 g/mol. The zero-order valence-corrected chi connectivity index (χ0v) is 24.8. The van der Waals surface area contributed by atoms with Crippen LogP contribution in [0.3, 0.4) is 0 Å². The molecule has 9 heteroatoms. The molecule has 9 nitrogen and oxygen atoms in total. The van der Waals surface area contributed by atoms with Crippen molar-refractivity contribution in [3.63, 3.8) is 0 Å². The zero-order valence-electron chi connectivity index (χ0n) is 24.8. The molecule has 1 N–H and O–H groups in total. The molecule has 0 saturated heterocycles. The van der Waals surface area contributed by atoms with Gasteiger partial charge in [-0.3, -0.25) is 4.79 Å². The number of ether oxygens (including phenoxy) is 6. The third-order valence-corrected chi connectivity index (χ3v) is 7.42. The van der Waals surface area contributed by atoms with E-state index in [9.17, 15) is 9.59 Å². The normalized spacial score (nSPS) is 26.9. The minimum absolute atomic E-state index is 0.0571. The summed E-state index contributed by atoms with van der Waals surface area (Å²) < 4.78 is 36.5. The van der Waals surface area contributed by atoms with E-state index < -0.39 is 53.7 Å². The van der Waals surface area contributed by atoms with Crippen LogP contribution in [0.2, 0.25) is 0 Å². The van der Waals surface area contributed by atoms with E-state index in [2.05, 4.69) is 5.32 Å². The summed E-state index contributed by atoms with van der Waals surface area (Å²) in [5, 5.41) is 3.62. The summed E-state index contributed by atoms with van der Waals surface area (Å²) in [6.45, 7) is 13.8. The van der Waals surface area contributed by atoms with Gasteiger partial charge in [0.15, 0.2) is 11.5 Å². The van der Waals surface area contributed by atoms with E-state index in [0.717, 1.165) is 5.56 Å². The molecule has 0 radical (unpaired) electrons. The Bertz CT molecular complexity index is 1250. The predicted molar refractivity (Wildman–Crippen MR) is 151 cm³/mol. The average Bonchev–Trinajstić information content (AvgIpc) is 3.34. The van der Waals surface area contributed by atoms with Crippen LogP contribution in [-0.2, 0) is 30.3 Å². The van der Waals surface area contributed by atoms with Crippen LogP contribution in [0, 0.1) is 5.92 Å². The number of benzene rings is 2. The molecule has 0 unspecified atom stereocenters. The quantitative estimate of drug-likeness (QED) is 0.453. The Hall–Kier alpha value is -3.14. The lowest BCUT2D eigenvalue weighted by Gasteiger charge is -2.52.